The van der Waals surface area contributed by atoms with Crippen LogP contribution in [0.3, 0.4) is 0 Å². The maximum atomic E-state index is 8.42. The third-order valence-electron chi connectivity index (χ3n) is 3.60. The maximum Gasteiger partial charge on any atom is 0.141 e. The molecule has 0 spiro atoms. The summed E-state index contributed by atoms with van der Waals surface area (Å²) in [4.78, 5) is 8.25. The molecule has 0 radical (unpaired) electrons. The second kappa shape index (κ2) is 5.98. The molecule has 6 N–H and O–H groups in total. The number of rotatable bonds is 4. The Morgan fingerprint density at radius 1 is 1.23 bits per heavy atom. The van der Waals surface area contributed by atoms with Crippen LogP contribution in [0.25, 0.3) is 0 Å². The van der Waals surface area contributed by atoms with Crippen LogP contribution in [-0.2, 0) is 4.74 Å². The molecule has 1 saturated heterocycles. The minimum absolute atomic E-state index is 0.173. The molecule has 2 heterocycles. The summed E-state index contributed by atoms with van der Waals surface area (Å²) in [6.45, 7) is 1.35. The van der Waals surface area contributed by atoms with Gasteiger partial charge in [0.05, 0.1) is 23.9 Å². The second-order valence-electron chi connectivity index (χ2n) is 5.18. The average molecular weight is 298 g/mol. The van der Waals surface area contributed by atoms with Gasteiger partial charge < -0.3 is 21.5 Å². The fourth-order valence-corrected chi connectivity index (χ4v) is 2.39. The Morgan fingerprint density at radius 2 is 2.00 bits per heavy atom. The van der Waals surface area contributed by atoms with Crippen molar-refractivity contribution in [3.63, 3.8) is 0 Å². The standard InChI is InChI=1S/C15H18N6O/c16-10-3-1-9(2-4-10)13(17)12-14(18)19-8-20-15(12)21-11-5-6-22-7-11/h1-4,8,11,17H,5-7,16H2,(H3,18,19,20,21). The van der Waals surface area contributed by atoms with Crippen molar-refractivity contribution in [2.24, 2.45) is 0 Å². The zero-order valence-electron chi connectivity index (χ0n) is 12.0. The topological polar surface area (TPSA) is 123 Å². The van der Waals surface area contributed by atoms with Crippen LogP contribution in [0.1, 0.15) is 17.5 Å². The van der Waals surface area contributed by atoms with Crippen molar-refractivity contribution in [1.82, 2.24) is 9.97 Å². The Kier molecular flexibility index (Phi) is 3.88. The van der Waals surface area contributed by atoms with E-state index >= 15 is 0 Å². The van der Waals surface area contributed by atoms with Gasteiger partial charge in [-0.2, -0.15) is 0 Å². The number of nitrogens with one attached hydrogen (secondary N) is 2. The van der Waals surface area contributed by atoms with E-state index in [0.29, 0.717) is 29.2 Å². The molecule has 1 fully saturated rings. The van der Waals surface area contributed by atoms with E-state index in [-0.39, 0.29) is 17.6 Å². The highest BCUT2D eigenvalue weighted by Gasteiger charge is 2.21. The first-order valence-corrected chi connectivity index (χ1v) is 7.04. The molecule has 0 amide bonds. The van der Waals surface area contributed by atoms with Gasteiger partial charge in [-0.15, -0.1) is 0 Å². The second-order valence-corrected chi connectivity index (χ2v) is 5.18. The first-order valence-electron chi connectivity index (χ1n) is 7.04. The molecule has 22 heavy (non-hydrogen) atoms. The summed E-state index contributed by atoms with van der Waals surface area (Å²) in [5.74, 6) is 0.836. The molecule has 7 heteroatoms. The highest BCUT2D eigenvalue weighted by molar-refractivity contribution is 6.16. The van der Waals surface area contributed by atoms with Gasteiger partial charge in [-0.25, -0.2) is 9.97 Å². The Morgan fingerprint density at radius 3 is 2.68 bits per heavy atom. The van der Waals surface area contributed by atoms with E-state index in [2.05, 4.69) is 15.3 Å². The Balaban J connectivity index is 1.94. The number of aromatic nitrogens is 2. The SMILES string of the molecule is N=C(c1ccc(N)cc1)c1c(N)ncnc1NC1CCOC1. The molecule has 0 bridgehead atoms. The van der Waals surface area contributed by atoms with E-state index in [0.717, 1.165) is 13.0 Å². The third-order valence-corrected chi connectivity index (χ3v) is 3.60. The van der Waals surface area contributed by atoms with Crippen molar-refractivity contribution >= 4 is 23.0 Å². The van der Waals surface area contributed by atoms with Gasteiger partial charge in [0.15, 0.2) is 0 Å². The van der Waals surface area contributed by atoms with Gasteiger partial charge in [-0.05, 0) is 18.6 Å². The van der Waals surface area contributed by atoms with Crippen molar-refractivity contribution in [1.29, 1.82) is 5.41 Å². The van der Waals surface area contributed by atoms with Gasteiger partial charge in [0, 0.05) is 17.9 Å². The minimum atomic E-state index is 0.173. The van der Waals surface area contributed by atoms with Crippen LogP contribution >= 0.6 is 0 Å². The van der Waals surface area contributed by atoms with Crippen molar-refractivity contribution in [3.8, 4) is 0 Å². The number of nitrogens with two attached hydrogens (primary N) is 2. The highest BCUT2D eigenvalue weighted by atomic mass is 16.5. The van der Waals surface area contributed by atoms with E-state index in [9.17, 15) is 0 Å². The number of nitrogens with zero attached hydrogens (tertiary/aromatic N) is 2. The van der Waals surface area contributed by atoms with Crippen LogP contribution in [0.2, 0.25) is 0 Å². The molecule has 0 saturated carbocycles. The molecule has 0 aliphatic carbocycles. The first kappa shape index (κ1) is 14.3. The molecule has 1 atom stereocenters. The molecule has 1 aliphatic heterocycles. The van der Waals surface area contributed by atoms with Crippen LogP contribution in [0.5, 0.6) is 0 Å². The molecule has 2 aromatic rings. The van der Waals surface area contributed by atoms with Crippen molar-refractivity contribution in [2.75, 3.05) is 30.0 Å². The molecular weight excluding hydrogens is 280 g/mol. The van der Waals surface area contributed by atoms with E-state index in [1.807, 2.05) is 0 Å². The number of hydrogen-bond acceptors (Lipinski definition) is 7. The fraction of sp³-hybridized carbons (Fsp3) is 0.267. The quantitative estimate of drug-likeness (QED) is 0.498. The summed E-state index contributed by atoms with van der Waals surface area (Å²) < 4.78 is 5.35. The monoisotopic (exact) mass is 298 g/mol. The van der Waals surface area contributed by atoms with Gasteiger partial charge in [0.1, 0.15) is 18.0 Å². The normalized spacial score (nSPS) is 17.4. The lowest BCUT2D eigenvalue weighted by atomic mass is 10.0. The van der Waals surface area contributed by atoms with Gasteiger partial charge in [-0.3, -0.25) is 5.41 Å². The number of ether oxygens (including phenoxy) is 1. The van der Waals surface area contributed by atoms with Gasteiger partial charge in [0.2, 0.25) is 0 Å². The highest BCUT2D eigenvalue weighted by Crippen LogP contribution is 2.23. The van der Waals surface area contributed by atoms with Crippen LogP contribution in [0, 0.1) is 5.41 Å². The van der Waals surface area contributed by atoms with Crippen molar-refractivity contribution in [2.45, 2.75) is 12.5 Å². The number of benzene rings is 1. The van der Waals surface area contributed by atoms with Gasteiger partial charge >= 0.3 is 0 Å². The largest absolute Gasteiger partial charge is 0.399 e. The lowest BCUT2D eigenvalue weighted by molar-refractivity contribution is 0.195. The summed E-state index contributed by atoms with van der Waals surface area (Å²) in [5.41, 5.74) is 13.8. The molecule has 3 rings (SSSR count). The predicted octanol–water partition coefficient (Wildman–Crippen LogP) is 1.26. The number of nitrogen functional groups attached to an aromatic ring is 2. The Bertz CT molecular complexity index is 679. The van der Waals surface area contributed by atoms with Crippen LogP contribution in [-0.4, -0.2) is 34.9 Å². The maximum absolute atomic E-state index is 8.42. The summed E-state index contributed by atoms with van der Waals surface area (Å²) in [6.07, 6.45) is 2.30. The molecular formula is C15H18N6O. The predicted molar refractivity (Wildman–Crippen MR) is 86.1 cm³/mol. The lowest BCUT2D eigenvalue weighted by Gasteiger charge is -2.16. The van der Waals surface area contributed by atoms with E-state index in [1.54, 1.807) is 24.3 Å². The third kappa shape index (κ3) is 2.84. The van der Waals surface area contributed by atoms with E-state index in [1.165, 1.54) is 6.33 Å². The summed E-state index contributed by atoms with van der Waals surface area (Å²) in [6, 6.07) is 7.25. The first-order chi connectivity index (χ1) is 10.6. The van der Waals surface area contributed by atoms with Crippen LogP contribution < -0.4 is 16.8 Å². The van der Waals surface area contributed by atoms with Crippen LogP contribution in [0.4, 0.5) is 17.3 Å². The van der Waals surface area contributed by atoms with Gasteiger partial charge in [0.25, 0.3) is 0 Å². The van der Waals surface area contributed by atoms with Crippen molar-refractivity contribution < 1.29 is 4.74 Å². The molecule has 1 aromatic carbocycles. The smallest absolute Gasteiger partial charge is 0.141 e. The zero-order chi connectivity index (χ0) is 15.5. The molecule has 114 valence electrons. The van der Waals surface area contributed by atoms with E-state index in [4.69, 9.17) is 21.6 Å². The van der Waals surface area contributed by atoms with Crippen LogP contribution in [0.15, 0.2) is 30.6 Å². The van der Waals surface area contributed by atoms with Gasteiger partial charge in [-0.1, -0.05) is 12.1 Å². The molecule has 1 aliphatic rings. The minimum Gasteiger partial charge on any atom is -0.399 e. The molecule has 7 nitrogen and oxygen atoms in total. The zero-order valence-corrected chi connectivity index (χ0v) is 12.0. The number of anilines is 3. The van der Waals surface area contributed by atoms with Crippen molar-refractivity contribution in [3.05, 3.63) is 41.7 Å². The lowest BCUT2D eigenvalue weighted by Crippen LogP contribution is -2.23. The molecule has 1 unspecified atom stereocenters. The summed E-state index contributed by atoms with van der Waals surface area (Å²) >= 11 is 0. The number of hydrogen-bond donors (Lipinski definition) is 4. The fourth-order valence-electron chi connectivity index (χ4n) is 2.39. The Labute approximate surface area is 128 Å². The summed E-state index contributed by atoms with van der Waals surface area (Å²) in [7, 11) is 0. The molecule has 1 aromatic heterocycles. The van der Waals surface area contributed by atoms with E-state index < -0.39 is 0 Å². The average Bonchev–Trinajstić information content (AvgIpc) is 3.01. The Hall–Kier alpha value is -2.67. The summed E-state index contributed by atoms with van der Waals surface area (Å²) in [5, 5.41) is 11.7.